The molecule has 1 aromatic carbocycles. The van der Waals surface area contributed by atoms with Crippen LogP contribution in [0.1, 0.15) is 25.3 Å². The average Bonchev–Trinajstić information content (AvgIpc) is 2.35. The molecule has 0 saturated carbocycles. The minimum absolute atomic E-state index is 0.0951. The van der Waals surface area contributed by atoms with E-state index in [0.29, 0.717) is 18.5 Å². The molecule has 1 unspecified atom stereocenters. The van der Waals surface area contributed by atoms with Gasteiger partial charge in [0, 0.05) is 25.6 Å². The highest BCUT2D eigenvalue weighted by atomic mass is 19.1. The molecule has 19 heavy (non-hydrogen) atoms. The summed E-state index contributed by atoms with van der Waals surface area (Å²) in [6, 6.07) is 3.35. The van der Waals surface area contributed by atoms with Gasteiger partial charge in [-0.15, -0.1) is 0 Å². The minimum Gasteiger partial charge on any atom is -0.396 e. The van der Waals surface area contributed by atoms with Crippen molar-refractivity contribution >= 4 is 5.91 Å². The van der Waals surface area contributed by atoms with Crippen molar-refractivity contribution in [1.29, 1.82) is 0 Å². The average molecular weight is 271 g/mol. The molecule has 0 aliphatic heterocycles. The lowest BCUT2D eigenvalue weighted by Crippen LogP contribution is -2.28. The zero-order valence-electron chi connectivity index (χ0n) is 11.0. The summed E-state index contributed by atoms with van der Waals surface area (Å²) >= 11 is 0. The molecule has 0 spiro atoms. The molecule has 2 N–H and O–H groups in total. The second-order valence-electron chi connectivity index (χ2n) is 4.66. The molecule has 0 radical (unpaired) electrons. The van der Waals surface area contributed by atoms with Crippen LogP contribution in [0.4, 0.5) is 8.78 Å². The Morgan fingerprint density at radius 2 is 2.16 bits per heavy atom. The first-order valence-electron chi connectivity index (χ1n) is 6.34. The predicted octanol–water partition coefficient (Wildman–Crippen LogP) is 2.03. The summed E-state index contributed by atoms with van der Waals surface area (Å²) in [6.07, 6.45) is 1.04. The maximum absolute atomic E-state index is 13.3. The molecule has 0 bridgehead atoms. The topological polar surface area (TPSA) is 49.3 Å². The van der Waals surface area contributed by atoms with Gasteiger partial charge in [-0.05, 0) is 30.4 Å². The number of rotatable bonds is 7. The summed E-state index contributed by atoms with van der Waals surface area (Å²) in [4.78, 5) is 11.5. The van der Waals surface area contributed by atoms with E-state index in [4.69, 9.17) is 5.11 Å². The van der Waals surface area contributed by atoms with E-state index in [1.807, 2.05) is 6.92 Å². The fraction of sp³-hybridized carbons (Fsp3) is 0.500. The number of halogens is 2. The summed E-state index contributed by atoms with van der Waals surface area (Å²) in [5.74, 6) is -1.21. The quantitative estimate of drug-likeness (QED) is 0.797. The van der Waals surface area contributed by atoms with Crippen molar-refractivity contribution in [3.63, 3.8) is 0 Å². The third-order valence-corrected chi connectivity index (χ3v) is 2.91. The van der Waals surface area contributed by atoms with Crippen LogP contribution in [0.2, 0.25) is 0 Å². The van der Waals surface area contributed by atoms with Crippen LogP contribution in [0.15, 0.2) is 18.2 Å². The van der Waals surface area contributed by atoms with Gasteiger partial charge in [0.05, 0.1) is 0 Å². The molecule has 1 aromatic rings. The van der Waals surface area contributed by atoms with Crippen LogP contribution < -0.4 is 5.32 Å². The van der Waals surface area contributed by atoms with Crippen LogP contribution in [-0.2, 0) is 11.2 Å². The number of hydrogen-bond donors (Lipinski definition) is 2. The Bertz CT molecular complexity index is 424. The van der Waals surface area contributed by atoms with Gasteiger partial charge >= 0.3 is 0 Å². The van der Waals surface area contributed by atoms with E-state index in [1.165, 1.54) is 12.1 Å². The van der Waals surface area contributed by atoms with Gasteiger partial charge in [-0.3, -0.25) is 4.79 Å². The summed E-state index contributed by atoms with van der Waals surface area (Å²) in [5.41, 5.74) is 0.333. The standard InChI is InChI=1S/C14H19F2NO2/c1-10(6-7-18)9-17-14(19)5-3-11-2-4-12(15)8-13(11)16/h2,4,8,10,18H,3,5-7,9H2,1H3,(H,17,19). The van der Waals surface area contributed by atoms with Crippen molar-refractivity contribution in [2.45, 2.75) is 26.2 Å². The number of aliphatic hydroxyl groups excluding tert-OH is 1. The SMILES string of the molecule is CC(CCO)CNC(=O)CCc1ccc(F)cc1F. The van der Waals surface area contributed by atoms with Crippen molar-refractivity contribution in [2.75, 3.05) is 13.2 Å². The Morgan fingerprint density at radius 3 is 2.79 bits per heavy atom. The molecule has 3 nitrogen and oxygen atoms in total. The van der Waals surface area contributed by atoms with Gasteiger partial charge in [0.25, 0.3) is 0 Å². The van der Waals surface area contributed by atoms with Crippen molar-refractivity contribution in [2.24, 2.45) is 5.92 Å². The molecule has 0 heterocycles. The zero-order chi connectivity index (χ0) is 14.3. The predicted molar refractivity (Wildman–Crippen MR) is 68.6 cm³/mol. The number of aliphatic hydroxyl groups is 1. The number of hydrogen-bond acceptors (Lipinski definition) is 2. The second kappa shape index (κ2) is 7.84. The summed E-state index contributed by atoms with van der Waals surface area (Å²) in [5, 5.41) is 11.4. The number of nitrogens with one attached hydrogen (secondary N) is 1. The van der Waals surface area contributed by atoms with Crippen molar-refractivity contribution in [3.8, 4) is 0 Å². The number of benzene rings is 1. The highest BCUT2D eigenvalue weighted by Gasteiger charge is 2.08. The Balaban J connectivity index is 2.33. The number of carbonyl (C=O) groups excluding carboxylic acids is 1. The first-order valence-corrected chi connectivity index (χ1v) is 6.34. The molecule has 1 atom stereocenters. The van der Waals surface area contributed by atoms with E-state index >= 15 is 0 Å². The molecule has 5 heteroatoms. The highest BCUT2D eigenvalue weighted by molar-refractivity contribution is 5.76. The Hall–Kier alpha value is -1.49. The van der Waals surface area contributed by atoms with Gasteiger partial charge in [0.15, 0.2) is 0 Å². The zero-order valence-corrected chi connectivity index (χ0v) is 11.0. The van der Waals surface area contributed by atoms with Crippen molar-refractivity contribution in [1.82, 2.24) is 5.32 Å². The van der Waals surface area contributed by atoms with Crippen LogP contribution in [0.25, 0.3) is 0 Å². The van der Waals surface area contributed by atoms with Crippen LogP contribution in [0, 0.1) is 17.6 Å². The minimum atomic E-state index is -0.624. The van der Waals surface area contributed by atoms with Gasteiger partial charge in [0.1, 0.15) is 11.6 Å². The lowest BCUT2D eigenvalue weighted by atomic mass is 10.1. The molecule has 0 aliphatic carbocycles. The summed E-state index contributed by atoms with van der Waals surface area (Å²) < 4.78 is 26.0. The Labute approximate surface area is 111 Å². The molecule has 0 aliphatic rings. The molecular formula is C14H19F2NO2. The maximum Gasteiger partial charge on any atom is 0.220 e. The lowest BCUT2D eigenvalue weighted by molar-refractivity contribution is -0.121. The first kappa shape index (κ1) is 15.6. The normalized spacial score (nSPS) is 12.2. The molecule has 1 rings (SSSR count). The van der Waals surface area contributed by atoms with Crippen LogP contribution >= 0.6 is 0 Å². The smallest absolute Gasteiger partial charge is 0.220 e. The summed E-state index contributed by atoms with van der Waals surface area (Å²) in [7, 11) is 0. The monoisotopic (exact) mass is 271 g/mol. The number of amides is 1. The Morgan fingerprint density at radius 1 is 1.42 bits per heavy atom. The van der Waals surface area contributed by atoms with Gasteiger partial charge < -0.3 is 10.4 Å². The maximum atomic E-state index is 13.3. The third-order valence-electron chi connectivity index (χ3n) is 2.91. The Kier molecular flexibility index (Phi) is 6.42. The molecule has 0 fully saturated rings. The van der Waals surface area contributed by atoms with Gasteiger partial charge in [-0.1, -0.05) is 13.0 Å². The van der Waals surface area contributed by atoms with E-state index in [9.17, 15) is 13.6 Å². The van der Waals surface area contributed by atoms with Gasteiger partial charge in [0.2, 0.25) is 5.91 Å². The van der Waals surface area contributed by atoms with E-state index in [-0.39, 0.29) is 31.3 Å². The fourth-order valence-corrected chi connectivity index (χ4v) is 1.67. The van der Waals surface area contributed by atoms with Gasteiger partial charge in [-0.25, -0.2) is 8.78 Å². The fourth-order valence-electron chi connectivity index (χ4n) is 1.67. The van der Waals surface area contributed by atoms with Crippen LogP contribution in [-0.4, -0.2) is 24.2 Å². The molecule has 106 valence electrons. The van der Waals surface area contributed by atoms with E-state index in [2.05, 4.69) is 5.32 Å². The highest BCUT2D eigenvalue weighted by Crippen LogP contribution is 2.11. The molecule has 0 aromatic heterocycles. The van der Waals surface area contributed by atoms with E-state index < -0.39 is 11.6 Å². The second-order valence-corrected chi connectivity index (χ2v) is 4.66. The largest absolute Gasteiger partial charge is 0.396 e. The van der Waals surface area contributed by atoms with E-state index in [0.717, 1.165) is 6.07 Å². The number of aryl methyl sites for hydroxylation is 1. The van der Waals surface area contributed by atoms with Crippen LogP contribution in [0.3, 0.4) is 0 Å². The van der Waals surface area contributed by atoms with Gasteiger partial charge in [-0.2, -0.15) is 0 Å². The molecular weight excluding hydrogens is 252 g/mol. The number of carbonyl (C=O) groups is 1. The summed E-state index contributed by atoms with van der Waals surface area (Å²) in [6.45, 7) is 2.51. The van der Waals surface area contributed by atoms with Crippen molar-refractivity contribution < 1.29 is 18.7 Å². The third kappa shape index (κ3) is 5.79. The van der Waals surface area contributed by atoms with Crippen molar-refractivity contribution in [3.05, 3.63) is 35.4 Å². The first-order chi connectivity index (χ1) is 9.02. The van der Waals surface area contributed by atoms with E-state index in [1.54, 1.807) is 0 Å². The lowest BCUT2D eigenvalue weighted by Gasteiger charge is -2.11. The molecule has 0 saturated heterocycles. The van der Waals surface area contributed by atoms with Crippen LogP contribution in [0.5, 0.6) is 0 Å². The molecule has 1 amide bonds.